The maximum Gasteiger partial charge on any atom is 0.200 e. The van der Waals surface area contributed by atoms with E-state index in [9.17, 15) is 0 Å². The molecule has 0 bridgehead atoms. The molecule has 0 aliphatic rings. The number of hydrogen-bond acceptors (Lipinski definition) is 5. The van der Waals surface area contributed by atoms with E-state index in [1.807, 2.05) is 41.8 Å². The molecule has 0 spiro atoms. The van der Waals surface area contributed by atoms with Crippen LogP contribution in [0.4, 0.5) is 5.13 Å². The molecule has 0 saturated heterocycles. The van der Waals surface area contributed by atoms with Gasteiger partial charge in [-0.05, 0) is 29.8 Å². The van der Waals surface area contributed by atoms with Gasteiger partial charge in [0.05, 0.1) is 12.2 Å². The van der Waals surface area contributed by atoms with Crippen molar-refractivity contribution in [3.63, 3.8) is 0 Å². The summed E-state index contributed by atoms with van der Waals surface area (Å²) in [5, 5.41) is 5.12. The highest BCUT2D eigenvalue weighted by atomic mass is 35.5. The number of rotatable bonds is 4. The zero-order chi connectivity index (χ0) is 14.7. The number of halogens is 1. The van der Waals surface area contributed by atoms with Crippen molar-refractivity contribution in [1.29, 1.82) is 0 Å². The molecule has 4 nitrogen and oxygen atoms in total. The molecule has 0 unspecified atom stereocenters. The van der Waals surface area contributed by atoms with Crippen LogP contribution in [0.5, 0.6) is 0 Å². The van der Waals surface area contributed by atoms with E-state index in [0.29, 0.717) is 11.6 Å². The first kappa shape index (κ1) is 14.0. The van der Waals surface area contributed by atoms with Gasteiger partial charge >= 0.3 is 0 Å². The number of aromatic nitrogens is 2. The molecule has 2 heterocycles. The maximum atomic E-state index is 6.08. The molecule has 0 amide bonds. The van der Waals surface area contributed by atoms with Gasteiger partial charge in [0.1, 0.15) is 0 Å². The highest BCUT2D eigenvalue weighted by Gasteiger charge is 2.09. The molecule has 21 heavy (non-hydrogen) atoms. The van der Waals surface area contributed by atoms with Crippen molar-refractivity contribution in [2.45, 2.75) is 6.54 Å². The van der Waals surface area contributed by atoms with Gasteiger partial charge in [0.25, 0.3) is 0 Å². The fraction of sp³-hybridized carbons (Fsp3) is 0.0667. The second kappa shape index (κ2) is 6.22. The number of benzene rings is 1. The molecule has 1 aromatic carbocycles. The lowest BCUT2D eigenvalue weighted by atomic mass is 10.2. The van der Waals surface area contributed by atoms with Crippen molar-refractivity contribution < 1.29 is 0 Å². The number of nitrogens with zero attached hydrogens (tertiary/aromatic N) is 3. The smallest absolute Gasteiger partial charge is 0.200 e. The van der Waals surface area contributed by atoms with Crippen LogP contribution in [-0.4, -0.2) is 9.97 Å². The van der Waals surface area contributed by atoms with Crippen molar-refractivity contribution in [2.24, 2.45) is 5.84 Å². The van der Waals surface area contributed by atoms with Crippen molar-refractivity contribution in [3.8, 4) is 11.3 Å². The first-order chi connectivity index (χ1) is 10.2. The lowest BCUT2D eigenvalue weighted by Crippen LogP contribution is -2.29. The van der Waals surface area contributed by atoms with E-state index in [0.717, 1.165) is 22.0 Å². The molecule has 3 aromatic rings. The van der Waals surface area contributed by atoms with Crippen molar-refractivity contribution >= 4 is 28.1 Å². The van der Waals surface area contributed by atoms with Crippen LogP contribution in [0.2, 0.25) is 5.02 Å². The Balaban J connectivity index is 1.76. The third-order valence-corrected chi connectivity index (χ3v) is 4.11. The van der Waals surface area contributed by atoms with E-state index in [-0.39, 0.29) is 0 Å². The molecule has 0 radical (unpaired) electrons. The van der Waals surface area contributed by atoms with E-state index in [1.54, 1.807) is 17.4 Å². The van der Waals surface area contributed by atoms with Gasteiger partial charge in [0.15, 0.2) is 0 Å². The van der Waals surface area contributed by atoms with Crippen LogP contribution in [0.15, 0.2) is 54.2 Å². The van der Waals surface area contributed by atoms with Gasteiger partial charge in [-0.3, -0.25) is 9.99 Å². The first-order valence-corrected chi connectivity index (χ1v) is 7.61. The molecule has 3 rings (SSSR count). The van der Waals surface area contributed by atoms with Gasteiger partial charge in [0.2, 0.25) is 5.13 Å². The van der Waals surface area contributed by atoms with Crippen molar-refractivity contribution in [3.05, 3.63) is 64.8 Å². The summed E-state index contributed by atoms with van der Waals surface area (Å²) in [5.74, 6) is 6.08. The summed E-state index contributed by atoms with van der Waals surface area (Å²) in [4.78, 5) is 8.56. The first-order valence-electron chi connectivity index (χ1n) is 6.35. The van der Waals surface area contributed by atoms with Crippen molar-refractivity contribution in [1.82, 2.24) is 9.97 Å². The Morgan fingerprint density at radius 3 is 2.52 bits per heavy atom. The summed E-state index contributed by atoms with van der Waals surface area (Å²) in [7, 11) is 0. The lowest BCUT2D eigenvalue weighted by molar-refractivity contribution is 0.845. The fourth-order valence-electron chi connectivity index (χ4n) is 1.90. The molecular formula is C15H13ClN4S. The number of thiazole rings is 1. The molecule has 6 heteroatoms. The highest BCUT2D eigenvalue weighted by molar-refractivity contribution is 7.14. The summed E-state index contributed by atoms with van der Waals surface area (Å²) < 4.78 is 0. The van der Waals surface area contributed by atoms with Crippen LogP contribution in [-0.2, 0) is 6.54 Å². The Morgan fingerprint density at radius 2 is 1.81 bits per heavy atom. The van der Waals surface area contributed by atoms with Crippen LogP contribution < -0.4 is 10.9 Å². The van der Waals surface area contributed by atoms with Crippen molar-refractivity contribution in [2.75, 3.05) is 5.01 Å². The number of hydrazine groups is 1. The predicted molar refractivity (Wildman–Crippen MR) is 87.2 cm³/mol. The SMILES string of the molecule is NN(Cc1ccncc1)c1nc(-c2ccc(Cl)cc2)cs1. The number of pyridine rings is 1. The zero-order valence-corrected chi connectivity index (χ0v) is 12.7. The summed E-state index contributed by atoms with van der Waals surface area (Å²) in [6.45, 7) is 0.593. The summed E-state index contributed by atoms with van der Waals surface area (Å²) in [6, 6.07) is 11.5. The Morgan fingerprint density at radius 1 is 1.10 bits per heavy atom. The maximum absolute atomic E-state index is 6.08. The number of anilines is 1. The number of nitrogens with two attached hydrogens (primary N) is 1. The van der Waals surface area contributed by atoms with Crippen LogP contribution in [0.1, 0.15) is 5.56 Å². The normalized spacial score (nSPS) is 10.6. The Hall–Kier alpha value is -1.95. The summed E-state index contributed by atoms with van der Waals surface area (Å²) in [5.41, 5.74) is 3.02. The molecule has 2 N–H and O–H groups in total. The topological polar surface area (TPSA) is 55.0 Å². The third-order valence-electron chi connectivity index (χ3n) is 2.98. The van der Waals surface area contributed by atoms with Gasteiger partial charge in [-0.2, -0.15) is 0 Å². The van der Waals surface area contributed by atoms with E-state index in [4.69, 9.17) is 17.4 Å². The van der Waals surface area contributed by atoms with E-state index in [2.05, 4.69) is 9.97 Å². The molecule has 0 saturated carbocycles. The second-order valence-electron chi connectivity index (χ2n) is 4.51. The van der Waals surface area contributed by atoms with Crippen LogP contribution >= 0.6 is 22.9 Å². The molecule has 106 valence electrons. The monoisotopic (exact) mass is 316 g/mol. The highest BCUT2D eigenvalue weighted by Crippen LogP contribution is 2.27. The lowest BCUT2D eigenvalue weighted by Gasteiger charge is -2.14. The molecule has 0 aliphatic carbocycles. The Bertz CT molecular complexity index is 712. The quantitative estimate of drug-likeness (QED) is 0.588. The Kier molecular flexibility index (Phi) is 4.15. The largest absolute Gasteiger partial charge is 0.282 e. The van der Waals surface area contributed by atoms with Gasteiger partial charge in [0, 0.05) is 28.4 Å². The van der Waals surface area contributed by atoms with Gasteiger partial charge < -0.3 is 0 Å². The van der Waals surface area contributed by atoms with E-state index < -0.39 is 0 Å². The third kappa shape index (κ3) is 3.39. The second-order valence-corrected chi connectivity index (χ2v) is 5.78. The predicted octanol–water partition coefficient (Wildman–Crippen LogP) is 3.74. The Labute approximate surface area is 131 Å². The van der Waals surface area contributed by atoms with E-state index in [1.165, 1.54) is 11.3 Å². The minimum Gasteiger partial charge on any atom is -0.282 e. The van der Waals surface area contributed by atoms with E-state index >= 15 is 0 Å². The standard InChI is InChI=1S/C15H13ClN4S/c16-13-3-1-12(2-4-13)14-10-21-15(19-14)20(17)9-11-5-7-18-8-6-11/h1-8,10H,9,17H2. The molecule has 0 aliphatic heterocycles. The minimum atomic E-state index is 0.593. The summed E-state index contributed by atoms with van der Waals surface area (Å²) in [6.07, 6.45) is 3.51. The van der Waals surface area contributed by atoms with Crippen LogP contribution in [0.25, 0.3) is 11.3 Å². The molecule has 0 atom stereocenters. The zero-order valence-electron chi connectivity index (χ0n) is 11.1. The summed E-state index contributed by atoms with van der Waals surface area (Å²) >= 11 is 7.41. The average molecular weight is 317 g/mol. The fourth-order valence-corrected chi connectivity index (χ4v) is 2.78. The van der Waals surface area contributed by atoms with Gasteiger partial charge in [-0.1, -0.05) is 23.7 Å². The van der Waals surface area contributed by atoms with Crippen LogP contribution in [0.3, 0.4) is 0 Å². The van der Waals surface area contributed by atoms with Gasteiger partial charge in [-0.15, -0.1) is 11.3 Å². The number of hydrogen-bond donors (Lipinski definition) is 1. The molecule has 0 fully saturated rings. The molecular weight excluding hydrogens is 304 g/mol. The van der Waals surface area contributed by atoms with Crippen LogP contribution in [0, 0.1) is 0 Å². The molecule has 2 aromatic heterocycles. The minimum absolute atomic E-state index is 0.593. The average Bonchev–Trinajstić information content (AvgIpc) is 2.99. The van der Waals surface area contributed by atoms with Gasteiger partial charge in [-0.25, -0.2) is 10.8 Å².